The first-order chi connectivity index (χ1) is 13.0. The number of halogens is 1. The molecule has 1 aromatic heterocycles. The molecule has 0 aliphatic carbocycles. The van der Waals surface area contributed by atoms with Gasteiger partial charge < -0.3 is 14.6 Å². The number of nitrogens with zero attached hydrogens (tertiary/aromatic N) is 2. The van der Waals surface area contributed by atoms with E-state index in [0.717, 1.165) is 0 Å². The Balaban J connectivity index is 1.44. The Morgan fingerprint density at radius 3 is 3.00 bits per heavy atom. The molecule has 2 amide bonds. The van der Waals surface area contributed by atoms with Gasteiger partial charge in [0.25, 0.3) is 0 Å². The molecule has 2 aromatic rings. The molecule has 5 rings (SSSR count). The van der Waals surface area contributed by atoms with E-state index in [1.54, 1.807) is 37.3 Å². The first kappa shape index (κ1) is 16.5. The number of nitrogens with one attached hydrogen (secondary N) is 1. The Morgan fingerprint density at radius 1 is 1.41 bits per heavy atom. The van der Waals surface area contributed by atoms with Gasteiger partial charge in [-0.3, -0.25) is 14.5 Å². The van der Waals surface area contributed by atoms with E-state index >= 15 is 0 Å². The predicted molar refractivity (Wildman–Crippen MR) is 97.4 cm³/mol. The van der Waals surface area contributed by atoms with Crippen molar-refractivity contribution < 1.29 is 18.8 Å². The third-order valence-corrected chi connectivity index (χ3v) is 5.62. The molecule has 2 saturated heterocycles. The molecule has 4 heterocycles. The van der Waals surface area contributed by atoms with Gasteiger partial charge in [0.1, 0.15) is 11.4 Å². The number of rotatable bonds is 3. The van der Waals surface area contributed by atoms with Gasteiger partial charge in [-0.2, -0.15) is 0 Å². The fourth-order valence-electron chi connectivity index (χ4n) is 4.26. The van der Waals surface area contributed by atoms with E-state index in [4.69, 9.17) is 20.9 Å². The zero-order valence-corrected chi connectivity index (χ0v) is 15.1. The summed E-state index contributed by atoms with van der Waals surface area (Å²) >= 11 is 5.99. The van der Waals surface area contributed by atoms with E-state index in [0.29, 0.717) is 28.8 Å². The molecule has 7 nitrogen and oxygen atoms in total. The van der Waals surface area contributed by atoms with Crippen LogP contribution in [-0.4, -0.2) is 35.2 Å². The summed E-state index contributed by atoms with van der Waals surface area (Å²) < 4.78 is 11.2. The quantitative estimate of drug-likeness (QED) is 0.821. The monoisotopic (exact) mass is 385 g/mol. The van der Waals surface area contributed by atoms with Crippen molar-refractivity contribution in [3.63, 3.8) is 0 Å². The molecule has 2 fully saturated rings. The fraction of sp³-hybridized carbons (Fsp3) is 0.316. The summed E-state index contributed by atoms with van der Waals surface area (Å²) in [5.41, 5.74) is -0.215. The minimum Gasteiger partial charge on any atom is -0.360 e. The molecule has 138 valence electrons. The van der Waals surface area contributed by atoms with Crippen molar-refractivity contribution in [3.05, 3.63) is 53.3 Å². The van der Waals surface area contributed by atoms with Crippen LogP contribution >= 0.6 is 11.6 Å². The van der Waals surface area contributed by atoms with Crippen LogP contribution in [0.4, 0.5) is 11.5 Å². The molecule has 1 aromatic carbocycles. The molecule has 27 heavy (non-hydrogen) atoms. The fourth-order valence-corrected chi connectivity index (χ4v) is 4.45. The second-order valence-corrected chi connectivity index (χ2v) is 7.56. The molecule has 2 bridgehead atoms. The number of hydrogen-bond acceptors (Lipinski definition) is 5. The molecule has 0 saturated carbocycles. The van der Waals surface area contributed by atoms with Crippen LogP contribution in [0.2, 0.25) is 5.02 Å². The second-order valence-electron chi connectivity index (χ2n) is 7.12. The van der Waals surface area contributed by atoms with Crippen molar-refractivity contribution in [3.8, 4) is 0 Å². The predicted octanol–water partition coefficient (Wildman–Crippen LogP) is 2.56. The van der Waals surface area contributed by atoms with Crippen LogP contribution in [0.15, 0.2) is 47.0 Å². The van der Waals surface area contributed by atoms with Crippen molar-refractivity contribution in [1.82, 2.24) is 5.16 Å². The number of carbonyl (C=O) groups is 2. The zero-order valence-electron chi connectivity index (χ0n) is 14.4. The average molecular weight is 386 g/mol. The number of ether oxygens (including phenoxy) is 1. The van der Waals surface area contributed by atoms with E-state index in [2.05, 4.69) is 10.5 Å². The van der Waals surface area contributed by atoms with E-state index < -0.39 is 23.5 Å². The highest BCUT2D eigenvalue weighted by atomic mass is 35.5. The summed E-state index contributed by atoms with van der Waals surface area (Å²) in [6.07, 6.45) is 3.35. The smallest absolute Gasteiger partial charge is 0.235 e. The number of amides is 2. The lowest BCUT2D eigenvalue weighted by Crippen LogP contribution is -2.41. The Labute approximate surface area is 159 Å². The largest absolute Gasteiger partial charge is 0.360 e. The van der Waals surface area contributed by atoms with Crippen LogP contribution in [0.5, 0.6) is 0 Å². The summed E-state index contributed by atoms with van der Waals surface area (Å²) in [7, 11) is 0. The number of carbonyl (C=O) groups excluding carboxylic acids is 2. The third kappa shape index (κ3) is 2.42. The zero-order chi connectivity index (χ0) is 18.8. The molecule has 4 atom stereocenters. The maximum absolute atomic E-state index is 13.1. The van der Waals surface area contributed by atoms with Crippen molar-refractivity contribution >= 4 is 34.9 Å². The van der Waals surface area contributed by atoms with Crippen molar-refractivity contribution in [2.24, 2.45) is 11.8 Å². The number of hydrogen-bond donors (Lipinski definition) is 1. The first-order valence-electron chi connectivity index (χ1n) is 8.65. The van der Waals surface area contributed by atoms with Crippen LogP contribution in [0.25, 0.3) is 0 Å². The number of fused-ring (bicyclic) bond motifs is 1. The van der Waals surface area contributed by atoms with Crippen LogP contribution in [0, 0.1) is 18.8 Å². The topological polar surface area (TPSA) is 84.7 Å². The lowest BCUT2D eigenvalue weighted by atomic mass is 9.77. The second kappa shape index (κ2) is 5.68. The maximum Gasteiger partial charge on any atom is 0.235 e. The summed E-state index contributed by atoms with van der Waals surface area (Å²) in [5, 5.41) is 7.32. The Bertz CT molecular complexity index is 987. The number of aromatic nitrogens is 1. The van der Waals surface area contributed by atoms with Gasteiger partial charge in [-0.1, -0.05) is 35.0 Å². The summed E-state index contributed by atoms with van der Waals surface area (Å²) in [6.45, 7) is 2.08. The standard InChI is InChI=1S/C19H16ClN3O4/c1-10-7-14(22-27-10)23-9-19-6-5-13(26-19)15(16(19)18(23)25)17(24)21-12-4-2-3-11(20)8-12/h2-8,13,15-16H,9H2,1H3,(H,21,24)/t13-,15+,16-,19-/m1/s1. The van der Waals surface area contributed by atoms with Crippen molar-refractivity contribution in [1.29, 1.82) is 0 Å². The van der Waals surface area contributed by atoms with Gasteiger partial charge in [0.15, 0.2) is 5.82 Å². The number of benzene rings is 1. The molecule has 3 aliphatic rings. The van der Waals surface area contributed by atoms with Crippen LogP contribution in [-0.2, 0) is 14.3 Å². The van der Waals surface area contributed by atoms with Gasteiger partial charge >= 0.3 is 0 Å². The van der Waals surface area contributed by atoms with E-state index in [-0.39, 0.29) is 11.8 Å². The molecule has 0 unspecified atom stereocenters. The number of anilines is 2. The normalized spacial score (nSPS) is 30.8. The van der Waals surface area contributed by atoms with Gasteiger partial charge in [0, 0.05) is 16.8 Å². The highest BCUT2D eigenvalue weighted by Gasteiger charge is 2.67. The highest BCUT2D eigenvalue weighted by molar-refractivity contribution is 6.30. The Morgan fingerprint density at radius 2 is 2.26 bits per heavy atom. The van der Waals surface area contributed by atoms with Gasteiger partial charge in [-0.25, -0.2) is 0 Å². The molecule has 3 aliphatic heterocycles. The molecule has 8 heteroatoms. The van der Waals surface area contributed by atoms with Gasteiger partial charge in [0.05, 0.1) is 24.5 Å². The Kier molecular flexibility index (Phi) is 3.47. The van der Waals surface area contributed by atoms with E-state index in [1.165, 1.54) is 4.90 Å². The Hall–Kier alpha value is -2.64. The van der Waals surface area contributed by atoms with Gasteiger partial charge in [-0.15, -0.1) is 0 Å². The first-order valence-corrected chi connectivity index (χ1v) is 9.03. The summed E-state index contributed by atoms with van der Waals surface area (Å²) in [5.74, 6) is -0.589. The van der Waals surface area contributed by atoms with Gasteiger partial charge in [0.2, 0.25) is 11.8 Å². The molecular formula is C19H16ClN3O4. The minimum absolute atomic E-state index is 0.179. The van der Waals surface area contributed by atoms with E-state index in [1.807, 2.05) is 12.2 Å². The van der Waals surface area contributed by atoms with Crippen molar-refractivity contribution in [2.45, 2.75) is 18.6 Å². The number of aryl methyl sites for hydroxylation is 1. The minimum atomic E-state index is -0.801. The lowest BCUT2D eigenvalue weighted by Gasteiger charge is -2.23. The molecule has 1 spiro atoms. The third-order valence-electron chi connectivity index (χ3n) is 5.39. The van der Waals surface area contributed by atoms with Crippen LogP contribution in [0.3, 0.4) is 0 Å². The van der Waals surface area contributed by atoms with Gasteiger partial charge in [-0.05, 0) is 25.1 Å². The molecule has 0 radical (unpaired) electrons. The average Bonchev–Trinajstić information content (AvgIpc) is 3.36. The molecule has 1 N–H and O–H groups in total. The van der Waals surface area contributed by atoms with Crippen LogP contribution in [0.1, 0.15) is 5.76 Å². The highest BCUT2D eigenvalue weighted by Crippen LogP contribution is 2.52. The summed E-state index contributed by atoms with van der Waals surface area (Å²) in [4.78, 5) is 27.6. The lowest BCUT2D eigenvalue weighted by molar-refractivity contribution is -0.128. The molecular weight excluding hydrogens is 370 g/mol. The maximum atomic E-state index is 13.1. The van der Waals surface area contributed by atoms with Crippen LogP contribution < -0.4 is 10.2 Å². The van der Waals surface area contributed by atoms with E-state index in [9.17, 15) is 9.59 Å². The van der Waals surface area contributed by atoms with Crippen molar-refractivity contribution in [2.75, 3.05) is 16.8 Å². The summed E-state index contributed by atoms with van der Waals surface area (Å²) in [6, 6.07) is 8.61. The SMILES string of the molecule is Cc1cc(N2C[C@@]34C=C[C@@H](O3)[C@H](C(=O)Nc3cccc(Cl)c3)[C@@H]4C2=O)no1.